The van der Waals surface area contributed by atoms with E-state index in [9.17, 15) is 0 Å². The molecule has 1 heterocycles. The van der Waals surface area contributed by atoms with E-state index in [-0.39, 0.29) is 5.41 Å². The molecule has 0 radical (unpaired) electrons. The maximum Gasteiger partial charge on any atom is 0.120 e. The van der Waals surface area contributed by atoms with Crippen LogP contribution in [0.15, 0.2) is 24.3 Å². The summed E-state index contributed by atoms with van der Waals surface area (Å²) in [5.41, 5.74) is 7.52. The van der Waals surface area contributed by atoms with Gasteiger partial charge in [0.2, 0.25) is 0 Å². The largest absolute Gasteiger partial charge is 0.490 e. The molecule has 0 spiro atoms. The minimum absolute atomic E-state index is 0.256. The molecule has 0 aromatic heterocycles. The van der Waals surface area contributed by atoms with E-state index in [0.717, 1.165) is 38.2 Å². The van der Waals surface area contributed by atoms with Crippen LogP contribution in [0, 0.1) is 0 Å². The number of nitrogens with zero attached hydrogens (tertiary/aromatic N) is 1. The van der Waals surface area contributed by atoms with Crippen LogP contribution in [-0.4, -0.2) is 37.7 Å². The first-order valence-electron chi connectivity index (χ1n) is 7.38. The fourth-order valence-electron chi connectivity index (χ4n) is 2.96. The van der Waals surface area contributed by atoms with E-state index in [1.165, 1.54) is 18.4 Å². The van der Waals surface area contributed by atoms with Gasteiger partial charge in [0.1, 0.15) is 11.9 Å². The van der Waals surface area contributed by atoms with Crippen LogP contribution >= 0.6 is 0 Å². The van der Waals surface area contributed by atoms with Gasteiger partial charge in [0.05, 0.1) is 0 Å². The lowest BCUT2D eigenvalue weighted by Crippen LogP contribution is -2.35. The Hall–Kier alpha value is -1.06. The van der Waals surface area contributed by atoms with Gasteiger partial charge in [0.25, 0.3) is 0 Å². The first-order chi connectivity index (χ1) is 9.22. The third-order valence-corrected chi connectivity index (χ3v) is 4.66. The van der Waals surface area contributed by atoms with E-state index in [2.05, 4.69) is 36.2 Å². The molecule has 1 aliphatic carbocycles. The van der Waals surface area contributed by atoms with Crippen LogP contribution < -0.4 is 10.5 Å². The Morgan fingerprint density at radius 2 is 2.05 bits per heavy atom. The second-order valence-electron chi connectivity index (χ2n) is 6.13. The summed E-state index contributed by atoms with van der Waals surface area (Å²) in [5.74, 6) is 1.02. The van der Waals surface area contributed by atoms with Crippen LogP contribution in [0.25, 0.3) is 0 Å². The van der Waals surface area contributed by atoms with E-state index in [1.54, 1.807) is 0 Å². The van der Waals surface area contributed by atoms with Crippen LogP contribution in [-0.2, 0) is 5.41 Å². The molecule has 0 amide bonds. The molecular weight excluding hydrogens is 236 g/mol. The number of likely N-dealkylation sites (tertiary alicyclic amines) is 1. The van der Waals surface area contributed by atoms with E-state index < -0.39 is 0 Å². The summed E-state index contributed by atoms with van der Waals surface area (Å²) in [7, 11) is 2.18. The highest BCUT2D eigenvalue weighted by Gasteiger charge is 2.42. The molecule has 1 aromatic rings. The highest BCUT2D eigenvalue weighted by Crippen LogP contribution is 2.47. The zero-order valence-corrected chi connectivity index (χ0v) is 11.8. The zero-order valence-electron chi connectivity index (χ0n) is 11.8. The minimum Gasteiger partial charge on any atom is -0.490 e. The molecule has 19 heavy (non-hydrogen) atoms. The second-order valence-corrected chi connectivity index (χ2v) is 6.13. The van der Waals surface area contributed by atoms with Gasteiger partial charge in [-0.2, -0.15) is 0 Å². The quantitative estimate of drug-likeness (QED) is 0.901. The zero-order chi connectivity index (χ0) is 13.3. The smallest absolute Gasteiger partial charge is 0.120 e. The van der Waals surface area contributed by atoms with Crippen molar-refractivity contribution in [2.24, 2.45) is 5.73 Å². The van der Waals surface area contributed by atoms with E-state index in [4.69, 9.17) is 10.5 Å². The maximum absolute atomic E-state index is 6.14. The number of nitrogens with two attached hydrogens (primary N) is 1. The van der Waals surface area contributed by atoms with Crippen molar-refractivity contribution in [1.29, 1.82) is 0 Å². The molecular formula is C16H24N2O. The molecule has 2 N–H and O–H groups in total. The third-order valence-electron chi connectivity index (χ3n) is 4.66. The van der Waals surface area contributed by atoms with Crippen molar-refractivity contribution in [3.8, 4) is 5.75 Å². The standard InChI is InChI=1S/C16H24N2O/c1-18-9-5-14(6-10-18)19-15-4-2-3-13(11-15)16(12-17)7-8-16/h2-4,11,14H,5-10,12,17H2,1H3. The summed E-state index contributed by atoms with van der Waals surface area (Å²) in [5, 5.41) is 0. The molecule has 1 saturated carbocycles. The maximum atomic E-state index is 6.14. The molecule has 3 nitrogen and oxygen atoms in total. The Balaban J connectivity index is 1.67. The Labute approximate surface area is 115 Å². The summed E-state index contributed by atoms with van der Waals surface area (Å²) in [4.78, 5) is 2.36. The molecule has 2 fully saturated rings. The Morgan fingerprint density at radius 1 is 1.32 bits per heavy atom. The number of rotatable bonds is 4. The average Bonchev–Trinajstić information content (AvgIpc) is 3.23. The Morgan fingerprint density at radius 3 is 2.68 bits per heavy atom. The lowest BCUT2D eigenvalue weighted by molar-refractivity contribution is 0.114. The monoisotopic (exact) mass is 260 g/mol. The summed E-state index contributed by atoms with van der Waals surface area (Å²) in [6, 6.07) is 8.59. The van der Waals surface area contributed by atoms with Gasteiger partial charge in [0, 0.05) is 25.0 Å². The van der Waals surface area contributed by atoms with Gasteiger partial charge < -0.3 is 15.4 Å². The highest BCUT2D eigenvalue weighted by atomic mass is 16.5. The Kier molecular flexibility index (Phi) is 3.50. The van der Waals surface area contributed by atoms with Gasteiger partial charge in [-0.1, -0.05) is 12.1 Å². The molecule has 1 aliphatic heterocycles. The van der Waals surface area contributed by atoms with Gasteiger partial charge in [-0.15, -0.1) is 0 Å². The summed E-state index contributed by atoms with van der Waals surface area (Å²) in [6.45, 7) is 3.03. The van der Waals surface area contributed by atoms with E-state index in [1.807, 2.05) is 0 Å². The van der Waals surface area contributed by atoms with Gasteiger partial charge in [-0.05, 0) is 50.4 Å². The number of hydrogen-bond acceptors (Lipinski definition) is 3. The number of benzene rings is 1. The van der Waals surface area contributed by atoms with Gasteiger partial charge >= 0.3 is 0 Å². The third kappa shape index (κ3) is 2.77. The van der Waals surface area contributed by atoms with E-state index in [0.29, 0.717) is 6.10 Å². The van der Waals surface area contributed by atoms with Crippen molar-refractivity contribution in [2.75, 3.05) is 26.7 Å². The molecule has 0 bridgehead atoms. The van der Waals surface area contributed by atoms with Gasteiger partial charge in [0.15, 0.2) is 0 Å². The first kappa shape index (κ1) is 12.9. The SMILES string of the molecule is CN1CCC(Oc2cccc(C3(CN)CC3)c2)CC1. The minimum atomic E-state index is 0.256. The first-order valence-corrected chi connectivity index (χ1v) is 7.38. The van der Waals surface area contributed by atoms with Crippen molar-refractivity contribution < 1.29 is 4.74 Å². The van der Waals surface area contributed by atoms with Gasteiger partial charge in [-0.25, -0.2) is 0 Å². The summed E-state index contributed by atoms with van der Waals surface area (Å²) >= 11 is 0. The Bertz CT molecular complexity index is 434. The van der Waals surface area contributed by atoms with Crippen molar-refractivity contribution >= 4 is 0 Å². The number of hydrogen-bond donors (Lipinski definition) is 1. The van der Waals surface area contributed by atoms with Crippen molar-refractivity contribution in [2.45, 2.75) is 37.2 Å². The molecule has 2 aliphatic rings. The van der Waals surface area contributed by atoms with Crippen molar-refractivity contribution in [1.82, 2.24) is 4.90 Å². The summed E-state index contributed by atoms with van der Waals surface area (Å²) < 4.78 is 6.14. The lowest BCUT2D eigenvalue weighted by atomic mass is 9.96. The molecule has 0 atom stereocenters. The van der Waals surface area contributed by atoms with Crippen LogP contribution in [0.1, 0.15) is 31.2 Å². The molecule has 3 heteroatoms. The van der Waals surface area contributed by atoms with Gasteiger partial charge in [-0.3, -0.25) is 0 Å². The van der Waals surface area contributed by atoms with Crippen LogP contribution in [0.3, 0.4) is 0 Å². The predicted octanol–water partition coefficient (Wildman–Crippen LogP) is 2.15. The van der Waals surface area contributed by atoms with Crippen LogP contribution in [0.5, 0.6) is 5.75 Å². The molecule has 104 valence electrons. The fraction of sp³-hybridized carbons (Fsp3) is 0.625. The molecule has 3 rings (SSSR count). The molecule has 0 unspecified atom stereocenters. The van der Waals surface area contributed by atoms with Crippen LogP contribution in [0.4, 0.5) is 0 Å². The number of piperidine rings is 1. The molecule has 1 aromatic carbocycles. The normalized spacial score (nSPS) is 23.3. The molecule has 1 saturated heterocycles. The van der Waals surface area contributed by atoms with E-state index >= 15 is 0 Å². The predicted molar refractivity (Wildman–Crippen MR) is 77.6 cm³/mol. The highest BCUT2D eigenvalue weighted by molar-refractivity contribution is 5.38. The lowest BCUT2D eigenvalue weighted by Gasteiger charge is -2.29. The van der Waals surface area contributed by atoms with Crippen LogP contribution in [0.2, 0.25) is 0 Å². The number of ether oxygens (including phenoxy) is 1. The van der Waals surface area contributed by atoms with Crippen molar-refractivity contribution in [3.63, 3.8) is 0 Å². The summed E-state index contributed by atoms with van der Waals surface area (Å²) in [6.07, 6.45) is 5.08. The average molecular weight is 260 g/mol. The fourth-order valence-corrected chi connectivity index (χ4v) is 2.96. The van der Waals surface area contributed by atoms with Crippen molar-refractivity contribution in [3.05, 3.63) is 29.8 Å². The second kappa shape index (κ2) is 5.14. The topological polar surface area (TPSA) is 38.5 Å².